The molecule has 0 radical (unpaired) electrons. The molecule has 0 aliphatic carbocycles. The maximum atomic E-state index is 12.5. The lowest BCUT2D eigenvalue weighted by molar-refractivity contribution is -0.120. The van der Waals surface area contributed by atoms with Crippen molar-refractivity contribution in [2.75, 3.05) is 12.4 Å². The normalized spacial score (nSPS) is 11.4. The summed E-state index contributed by atoms with van der Waals surface area (Å²) in [7, 11) is 1.39. The second-order valence-electron chi connectivity index (χ2n) is 6.14. The number of nitrogens with one attached hydrogen (secondary N) is 2. The van der Waals surface area contributed by atoms with Crippen LogP contribution in [0.4, 0.5) is 5.69 Å². The minimum atomic E-state index is -1.09. The molecule has 0 fully saturated rings. The number of aryl methyl sites for hydroxylation is 1. The van der Waals surface area contributed by atoms with Crippen molar-refractivity contribution >= 4 is 23.5 Å². The smallest absolute Gasteiger partial charge is 0.335 e. The zero-order valence-corrected chi connectivity index (χ0v) is 15.4. The Morgan fingerprint density at radius 1 is 1.11 bits per heavy atom. The maximum absolute atomic E-state index is 12.5. The van der Waals surface area contributed by atoms with E-state index in [1.54, 1.807) is 0 Å². The number of amides is 2. The molecule has 142 valence electrons. The molecule has 2 amide bonds. The standard InChI is InChI=1S/C20H22N2O5/c1-12-4-6-14(7-5-12)17(21-13(2)23)11-19(24)22-16-9-8-15(20(25)26)10-18(16)27-3/h4-10,17H,11H2,1-3H3,(H,21,23)(H,22,24)(H,25,26). The molecule has 0 aliphatic heterocycles. The van der Waals surface area contributed by atoms with Gasteiger partial charge < -0.3 is 20.5 Å². The van der Waals surface area contributed by atoms with Gasteiger partial charge in [0.25, 0.3) is 0 Å². The lowest BCUT2D eigenvalue weighted by Crippen LogP contribution is -2.29. The molecule has 2 aromatic carbocycles. The number of hydrogen-bond donors (Lipinski definition) is 3. The first kappa shape index (κ1) is 20.0. The molecule has 7 heteroatoms. The number of ether oxygens (including phenoxy) is 1. The highest BCUT2D eigenvalue weighted by Crippen LogP contribution is 2.27. The number of carbonyl (C=O) groups excluding carboxylic acids is 2. The molecule has 0 heterocycles. The molecule has 0 saturated carbocycles. The monoisotopic (exact) mass is 370 g/mol. The van der Waals surface area contributed by atoms with Gasteiger partial charge in [0.2, 0.25) is 11.8 Å². The van der Waals surface area contributed by atoms with Gasteiger partial charge in [0.05, 0.1) is 30.8 Å². The van der Waals surface area contributed by atoms with E-state index in [9.17, 15) is 14.4 Å². The highest BCUT2D eigenvalue weighted by atomic mass is 16.5. The van der Waals surface area contributed by atoms with E-state index in [0.717, 1.165) is 11.1 Å². The van der Waals surface area contributed by atoms with Gasteiger partial charge >= 0.3 is 5.97 Å². The molecule has 0 aromatic heterocycles. The van der Waals surface area contributed by atoms with Crippen LogP contribution >= 0.6 is 0 Å². The molecule has 27 heavy (non-hydrogen) atoms. The fraction of sp³-hybridized carbons (Fsp3) is 0.250. The quantitative estimate of drug-likeness (QED) is 0.695. The fourth-order valence-corrected chi connectivity index (χ4v) is 2.61. The topological polar surface area (TPSA) is 105 Å². The van der Waals surface area contributed by atoms with Crippen molar-refractivity contribution in [3.05, 3.63) is 59.2 Å². The summed E-state index contributed by atoms with van der Waals surface area (Å²) in [5, 5.41) is 14.5. The van der Waals surface area contributed by atoms with Gasteiger partial charge in [-0.05, 0) is 30.7 Å². The number of methoxy groups -OCH3 is 1. The number of carboxylic acids is 1. The van der Waals surface area contributed by atoms with Crippen LogP contribution in [0.2, 0.25) is 0 Å². The second kappa shape index (κ2) is 8.84. The van der Waals surface area contributed by atoms with Gasteiger partial charge in [-0.1, -0.05) is 29.8 Å². The van der Waals surface area contributed by atoms with Crippen LogP contribution in [0.15, 0.2) is 42.5 Å². The number of anilines is 1. The van der Waals surface area contributed by atoms with Gasteiger partial charge in [0.1, 0.15) is 5.75 Å². The number of benzene rings is 2. The molecule has 0 spiro atoms. The minimum Gasteiger partial charge on any atom is -0.495 e. The van der Waals surface area contributed by atoms with Crippen LogP contribution in [-0.2, 0) is 9.59 Å². The van der Waals surface area contributed by atoms with E-state index in [0.29, 0.717) is 5.69 Å². The largest absolute Gasteiger partial charge is 0.495 e. The molecule has 2 rings (SSSR count). The predicted molar refractivity (Wildman–Crippen MR) is 101 cm³/mol. The first-order valence-electron chi connectivity index (χ1n) is 8.35. The Bertz CT molecular complexity index is 846. The third-order valence-corrected chi connectivity index (χ3v) is 3.97. The molecular weight excluding hydrogens is 348 g/mol. The highest BCUT2D eigenvalue weighted by molar-refractivity contribution is 5.95. The Labute approximate surface area is 157 Å². The summed E-state index contributed by atoms with van der Waals surface area (Å²) in [5.74, 6) is -1.42. The molecule has 1 atom stereocenters. The van der Waals surface area contributed by atoms with Gasteiger partial charge in [0.15, 0.2) is 0 Å². The summed E-state index contributed by atoms with van der Waals surface area (Å²) < 4.78 is 5.16. The van der Waals surface area contributed by atoms with E-state index < -0.39 is 12.0 Å². The van der Waals surface area contributed by atoms with Crippen LogP contribution in [0.25, 0.3) is 0 Å². The molecule has 0 bridgehead atoms. The average molecular weight is 370 g/mol. The lowest BCUT2D eigenvalue weighted by Gasteiger charge is -2.19. The molecule has 0 aliphatic rings. The first-order valence-corrected chi connectivity index (χ1v) is 8.35. The lowest BCUT2D eigenvalue weighted by atomic mass is 10.0. The van der Waals surface area contributed by atoms with E-state index in [1.165, 1.54) is 32.2 Å². The van der Waals surface area contributed by atoms with E-state index >= 15 is 0 Å². The van der Waals surface area contributed by atoms with Gasteiger partial charge in [-0.25, -0.2) is 4.79 Å². The summed E-state index contributed by atoms with van der Waals surface area (Å²) in [6.45, 7) is 3.35. The summed E-state index contributed by atoms with van der Waals surface area (Å²) in [6, 6.07) is 11.3. The van der Waals surface area contributed by atoms with Crippen LogP contribution in [0.5, 0.6) is 5.75 Å². The van der Waals surface area contributed by atoms with E-state index in [4.69, 9.17) is 9.84 Å². The van der Waals surface area contributed by atoms with Crippen molar-refractivity contribution in [2.24, 2.45) is 0 Å². The Kier molecular flexibility index (Phi) is 6.54. The molecule has 0 saturated heterocycles. The Morgan fingerprint density at radius 2 is 1.78 bits per heavy atom. The van der Waals surface area contributed by atoms with Gasteiger partial charge in [-0.3, -0.25) is 9.59 Å². The van der Waals surface area contributed by atoms with Crippen LogP contribution in [-0.4, -0.2) is 30.0 Å². The Hall–Kier alpha value is -3.35. The summed E-state index contributed by atoms with van der Waals surface area (Å²) in [4.78, 5) is 35.1. The van der Waals surface area contributed by atoms with Crippen LogP contribution in [0.3, 0.4) is 0 Å². The van der Waals surface area contributed by atoms with Crippen LogP contribution in [0, 0.1) is 6.92 Å². The average Bonchev–Trinajstić information content (AvgIpc) is 2.61. The van der Waals surface area contributed by atoms with Crippen molar-refractivity contribution in [1.82, 2.24) is 5.32 Å². The third kappa shape index (κ3) is 5.57. The van der Waals surface area contributed by atoms with Crippen molar-refractivity contribution in [3.8, 4) is 5.75 Å². The van der Waals surface area contributed by atoms with Gasteiger partial charge in [-0.2, -0.15) is 0 Å². The molecular formula is C20H22N2O5. The maximum Gasteiger partial charge on any atom is 0.335 e. The summed E-state index contributed by atoms with van der Waals surface area (Å²) in [5.41, 5.74) is 2.31. The number of rotatable bonds is 7. The number of carboxylic acid groups (broad SMARTS) is 1. The van der Waals surface area contributed by atoms with Crippen molar-refractivity contribution in [2.45, 2.75) is 26.3 Å². The van der Waals surface area contributed by atoms with E-state index in [-0.39, 0.29) is 29.5 Å². The molecule has 7 nitrogen and oxygen atoms in total. The van der Waals surface area contributed by atoms with Crippen molar-refractivity contribution in [3.63, 3.8) is 0 Å². The SMILES string of the molecule is COc1cc(C(=O)O)ccc1NC(=O)CC(NC(C)=O)c1ccc(C)cc1. The van der Waals surface area contributed by atoms with Crippen LogP contribution in [0.1, 0.15) is 40.9 Å². The van der Waals surface area contributed by atoms with Crippen LogP contribution < -0.4 is 15.4 Å². The highest BCUT2D eigenvalue weighted by Gasteiger charge is 2.18. The summed E-state index contributed by atoms with van der Waals surface area (Å²) >= 11 is 0. The Morgan fingerprint density at radius 3 is 2.33 bits per heavy atom. The Balaban J connectivity index is 2.17. The number of aromatic carboxylic acids is 1. The second-order valence-corrected chi connectivity index (χ2v) is 6.14. The first-order chi connectivity index (χ1) is 12.8. The number of hydrogen-bond acceptors (Lipinski definition) is 4. The molecule has 1 unspecified atom stereocenters. The number of carbonyl (C=O) groups is 3. The molecule has 2 aromatic rings. The zero-order valence-electron chi connectivity index (χ0n) is 15.4. The zero-order chi connectivity index (χ0) is 20.0. The predicted octanol–water partition coefficient (Wildman–Crippen LogP) is 2.91. The third-order valence-electron chi connectivity index (χ3n) is 3.97. The summed E-state index contributed by atoms with van der Waals surface area (Å²) in [6.07, 6.45) is 0.0203. The van der Waals surface area contributed by atoms with E-state index in [2.05, 4.69) is 10.6 Å². The van der Waals surface area contributed by atoms with Crippen molar-refractivity contribution in [1.29, 1.82) is 0 Å². The van der Waals surface area contributed by atoms with Crippen molar-refractivity contribution < 1.29 is 24.2 Å². The van der Waals surface area contributed by atoms with E-state index in [1.807, 2.05) is 31.2 Å². The fourth-order valence-electron chi connectivity index (χ4n) is 2.61. The van der Waals surface area contributed by atoms with Gasteiger partial charge in [-0.15, -0.1) is 0 Å². The molecule has 3 N–H and O–H groups in total. The van der Waals surface area contributed by atoms with Gasteiger partial charge in [0, 0.05) is 6.92 Å². The minimum absolute atomic E-state index is 0.0203.